The summed E-state index contributed by atoms with van der Waals surface area (Å²) >= 11 is 0. The highest BCUT2D eigenvalue weighted by atomic mass is 16.2. The van der Waals surface area contributed by atoms with Gasteiger partial charge in [-0.25, -0.2) is 10.2 Å². The van der Waals surface area contributed by atoms with Gasteiger partial charge in [-0.2, -0.15) is 0 Å². The van der Waals surface area contributed by atoms with Crippen LogP contribution >= 0.6 is 0 Å². The van der Waals surface area contributed by atoms with Gasteiger partial charge in [-0.05, 0) is 5.56 Å². The fraction of sp³-hybridized carbons (Fsp3) is 0.125. The molecule has 1 aromatic carbocycles. The first-order valence-electron chi connectivity index (χ1n) is 3.73. The average molecular weight is 163 g/mol. The Morgan fingerprint density at radius 2 is 1.92 bits per heavy atom. The molecular formula is C8H9N3O. The second-order valence-corrected chi connectivity index (χ2v) is 2.59. The highest BCUT2D eigenvalue weighted by molar-refractivity contribution is 5.75. The summed E-state index contributed by atoms with van der Waals surface area (Å²) in [6.07, 6.45) is -0.112. The van der Waals surface area contributed by atoms with Crippen LogP contribution in [0.15, 0.2) is 30.3 Å². The predicted molar refractivity (Wildman–Crippen MR) is 44.0 cm³/mol. The van der Waals surface area contributed by atoms with E-state index in [1.165, 1.54) is 0 Å². The number of nitrogens with one attached hydrogen (secondary N) is 3. The van der Waals surface area contributed by atoms with Crippen LogP contribution in [-0.4, -0.2) is 6.03 Å². The van der Waals surface area contributed by atoms with Crippen molar-refractivity contribution in [3.8, 4) is 0 Å². The summed E-state index contributed by atoms with van der Waals surface area (Å²) in [4.78, 5) is 10.7. The lowest BCUT2D eigenvalue weighted by molar-refractivity contribution is 0.247. The maximum Gasteiger partial charge on any atom is 0.330 e. The summed E-state index contributed by atoms with van der Waals surface area (Å²) in [6, 6.07) is 9.51. The summed E-state index contributed by atoms with van der Waals surface area (Å²) < 4.78 is 0. The molecule has 4 heteroatoms. The molecule has 1 atom stereocenters. The topological polar surface area (TPSA) is 53.2 Å². The average Bonchev–Trinajstić information content (AvgIpc) is 2.54. The normalized spacial score (nSPS) is 21.7. The van der Waals surface area contributed by atoms with Crippen LogP contribution in [0.1, 0.15) is 11.7 Å². The van der Waals surface area contributed by atoms with E-state index in [0.29, 0.717) is 0 Å². The van der Waals surface area contributed by atoms with Gasteiger partial charge in [0.05, 0.1) is 0 Å². The van der Waals surface area contributed by atoms with E-state index in [-0.39, 0.29) is 12.2 Å². The zero-order valence-electron chi connectivity index (χ0n) is 6.37. The van der Waals surface area contributed by atoms with Crippen molar-refractivity contribution in [3.05, 3.63) is 35.9 Å². The van der Waals surface area contributed by atoms with Gasteiger partial charge in [0, 0.05) is 0 Å². The lowest BCUT2D eigenvalue weighted by Gasteiger charge is -2.07. The Hall–Kier alpha value is -1.55. The Balaban J connectivity index is 2.16. The van der Waals surface area contributed by atoms with E-state index in [1.54, 1.807) is 0 Å². The molecule has 62 valence electrons. The highest BCUT2D eigenvalue weighted by Crippen LogP contribution is 2.09. The summed E-state index contributed by atoms with van der Waals surface area (Å²) in [5.74, 6) is 0. The van der Waals surface area contributed by atoms with E-state index < -0.39 is 0 Å². The number of hydrogen-bond acceptors (Lipinski definition) is 2. The van der Waals surface area contributed by atoms with Gasteiger partial charge in [0.2, 0.25) is 0 Å². The number of urea groups is 1. The summed E-state index contributed by atoms with van der Waals surface area (Å²) in [6.45, 7) is 0. The molecule has 1 fully saturated rings. The van der Waals surface area contributed by atoms with Crippen LogP contribution in [0.2, 0.25) is 0 Å². The van der Waals surface area contributed by atoms with Gasteiger partial charge in [0.25, 0.3) is 0 Å². The van der Waals surface area contributed by atoms with Crippen molar-refractivity contribution in [2.75, 3.05) is 0 Å². The van der Waals surface area contributed by atoms with Crippen molar-refractivity contribution in [2.24, 2.45) is 0 Å². The van der Waals surface area contributed by atoms with Crippen molar-refractivity contribution in [2.45, 2.75) is 6.17 Å². The Morgan fingerprint density at radius 3 is 2.50 bits per heavy atom. The molecule has 1 heterocycles. The van der Waals surface area contributed by atoms with E-state index in [2.05, 4.69) is 16.2 Å². The quantitative estimate of drug-likeness (QED) is 0.564. The molecule has 0 spiro atoms. The Morgan fingerprint density at radius 1 is 1.17 bits per heavy atom. The van der Waals surface area contributed by atoms with Crippen molar-refractivity contribution in [1.29, 1.82) is 0 Å². The van der Waals surface area contributed by atoms with Crippen LogP contribution in [0.4, 0.5) is 4.79 Å². The molecule has 1 aromatic rings. The number of amides is 2. The first-order valence-corrected chi connectivity index (χ1v) is 3.73. The minimum Gasteiger partial charge on any atom is -0.316 e. The lowest BCUT2D eigenvalue weighted by atomic mass is 10.2. The summed E-state index contributed by atoms with van der Waals surface area (Å²) in [5.41, 5.74) is 6.32. The second kappa shape index (κ2) is 2.83. The van der Waals surface area contributed by atoms with E-state index in [9.17, 15) is 4.79 Å². The number of hydrogen-bond donors (Lipinski definition) is 3. The minimum absolute atomic E-state index is 0.112. The van der Waals surface area contributed by atoms with E-state index in [1.807, 2.05) is 30.3 Å². The van der Waals surface area contributed by atoms with E-state index in [4.69, 9.17) is 0 Å². The van der Waals surface area contributed by atoms with E-state index in [0.717, 1.165) is 5.56 Å². The molecular weight excluding hydrogens is 154 g/mol. The lowest BCUT2D eigenvalue weighted by Crippen LogP contribution is -2.26. The fourth-order valence-corrected chi connectivity index (χ4v) is 1.15. The molecule has 1 aliphatic heterocycles. The molecule has 2 rings (SSSR count). The highest BCUT2D eigenvalue weighted by Gasteiger charge is 2.19. The first-order chi connectivity index (χ1) is 5.86. The smallest absolute Gasteiger partial charge is 0.316 e. The second-order valence-electron chi connectivity index (χ2n) is 2.59. The third-order valence-corrected chi connectivity index (χ3v) is 1.74. The molecule has 1 aliphatic rings. The van der Waals surface area contributed by atoms with E-state index >= 15 is 0 Å². The van der Waals surface area contributed by atoms with Gasteiger partial charge in [0.15, 0.2) is 0 Å². The summed E-state index contributed by atoms with van der Waals surface area (Å²) in [5, 5.41) is 2.71. The molecule has 0 aromatic heterocycles. The van der Waals surface area contributed by atoms with Crippen molar-refractivity contribution >= 4 is 6.03 Å². The monoisotopic (exact) mass is 163 g/mol. The molecule has 0 radical (unpaired) electrons. The Bertz CT molecular complexity index is 286. The van der Waals surface area contributed by atoms with Crippen LogP contribution in [-0.2, 0) is 0 Å². The molecule has 2 amide bonds. The SMILES string of the molecule is O=C1NNC(c2ccccc2)N1. The molecule has 0 aliphatic carbocycles. The molecule has 1 saturated heterocycles. The molecule has 4 nitrogen and oxygen atoms in total. The minimum atomic E-state index is -0.191. The third kappa shape index (κ3) is 1.24. The fourth-order valence-electron chi connectivity index (χ4n) is 1.15. The number of hydrazine groups is 1. The third-order valence-electron chi connectivity index (χ3n) is 1.74. The van der Waals surface area contributed by atoms with Gasteiger partial charge < -0.3 is 5.32 Å². The van der Waals surface area contributed by atoms with Gasteiger partial charge in [-0.3, -0.25) is 5.43 Å². The Labute approximate surface area is 69.9 Å². The number of carbonyl (C=O) groups is 1. The zero-order chi connectivity index (χ0) is 8.39. The van der Waals surface area contributed by atoms with Crippen LogP contribution in [0.5, 0.6) is 0 Å². The Kier molecular flexibility index (Phi) is 1.68. The van der Waals surface area contributed by atoms with Crippen molar-refractivity contribution < 1.29 is 4.79 Å². The van der Waals surface area contributed by atoms with Gasteiger partial charge >= 0.3 is 6.03 Å². The van der Waals surface area contributed by atoms with Gasteiger partial charge in [-0.15, -0.1) is 0 Å². The van der Waals surface area contributed by atoms with Crippen LogP contribution in [0, 0.1) is 0 Å². The van der Waals surface area contributed by atoms with Crippen molar-refractivity contribution in [3.63, 3.8) is 0 Å². The predicted octanol–water partition coefficient (Wildman–Crippen LogP) is 0.503. The molecule has 1 unspecified atom stereocenters. The van der Waals surface area contributed by atoms with Crippen LogP contribution in [0.25, 0.3) is 0 Å². The number of carbonyl (C=O) groups excluding carboxylic acids is 1. The first kappa shape index (κ1) is 7.12. The maximum absolute atomic E-state index is 10.7. The van der Waals surface area contributed by atoms with Crippen molar-refractivity contribution in [1.82, 2.24) is 16.2 Å². The number of benzene rings is 1. The molecule has 0 bridgehead atoms. The number of rotatable bonds is 1. The van der Waals surface area contributed by atoms with Crippen LogP contribution in [0.3, 0.4) is 0 Å². The summed E-state index contributed by atoms with van der Waals surface area (Å²) in [7, 11) is 0. The molecule has 3 N–H and O–H groups in total. The zero-order valence-corrected chi connectivity index (χ0v) is 6.37. The largest absolute Gasteiger partial charge is 0.330 e. The van der Waals surface area contributed by atoms with Gasteiger partial charge in [0.1, 0.15) is 6.17 Å². The molecule has 12 heavy (non-hydrogen) atoms. The molecule has 0 saturated carbocycles. The van der Waals surface area contributed by atoms with Crippen LogP contribution < -0.4 is 16.2 Å². The van der Waals surface area contributed by atoms with Gasteiger partial charge in [-0.1, -0.05) is 30.3 Å². The standard InChI is InChI=1S/C8H9N3O/c12-8-9-7(10-11-8)6-4-2-1-3-5-6/h1-5,7,10H,(H2,9,11,12). The maximum atomic E-state index is 10.7.